The fourth-order valence-electron chi connectivity index (χ4n) is 1.23. The second-order valence-corrected chi connectivity index (χ2v) is 2.74. The first kappa shape index (κ1) is 7.85. The van der Waals surface area contributed by atoms with E-state index in [1.54, 1.807) is 29.6 Å². The highest BCUT2D eigenvalue weighted by atomic mass is 15.5. The smallest absolute Gasteiger partial charge is 0.204 e. The number of nitrogens with zero attached hydrogens (tertiary/aromatic N) is 8. The van der Waals surface area contributed by atoms with Gasteiger partial charge < -0.3 is 0 Å². The predicted molar refractivity (Wildman–Crippen MR) is 49.3 cm³/mol. The molecule has 0 N–H and O–H groups in total. The molecule has 73 valence electrons. The van der Waals surface area contributed by atoms with Crippen molar-refractivity contribution in [1.82, 2.24) is 35.2 Å². The van der Waals surface area contributed by atoms with E-state index >= 15 is 0 Å². The molecular weight excluding hydrogens is 196 g/mol. The fourth-order valence-corrected chi connectivity index (χ4v) is 1.23. The maximum absolute atomic E-state index is 3.99. The van der Waals surface area contributed by atoms with Gasteiger partial charge in [-0.15, -0.1) is 10.2 Å². The van der Waals surface area contributed by atoms with Gasteiger partial charge in [-0.2, -0.15) is 15.2 Å². The second kappa shape index (κ2) is 3.01. The maximum atomic E-state index is 3.99. The monoisotopic (exact) mass is 201 g/mol. The van der Waals surface area contributed by atoms with Gasteiger partial charge in [0, 0.05) is 0 Å². The number of aromatic nitrogens is 6. The first-order valence-electron chi connectivity index (χ1n) is 4.15. The SMILES string of the molecule is C1=C(n2cncn2)C(n2ccnn2)=N[N]1. The van der Waals surface area contributed by atoms with Gasteiger partial charge in [0.25, 0.3) is 0 Å². The van der Waals surface area contributed by atoms with Gasteiger partial charge >= 0.3 is 0 Å². The predicted octanol–water partition coefficient (Wildman–Crippen LogP) is -0.852. The van der Waals surface area contributed by atoms with E-state index in [1.165, 1.54) is 11.0 Å². The summed E-state index contributed by atoms with van der Waals surface area (Å²) in [5, 5.41) is 15.5. The summed E-state index contributed by atoms with van der Waals surface area (Å²) >= 11 is 0. The Morgan fingerprint density at radius 3 is 2.93 bits per heavy atom. The minimum atomic E-state index is 0.568. The van der Waals surface area contributed by atoms with E-state index in [1.807, 2.05) is 0 Å². The van der Waals surface area contributed by atoms with Gasteiger partial charge in [-0.1, -0.05) is 5.21 Å². The zero-order valence-corrected chi connectivity index (χ0v) is 7.46. The van der Waals surface area contributed by atoms with Crippen molar-refractivity contribution in [3.05, 3.63) is 31.2 Å². The van der Waals surface area contributed by atoms with Gasteiger partial charge in [0.2, 0.25) is 5.84 Å². The summed E-state index contributed by atoms with van der Waals surface area (Å²) in [4.78, 5) is 3.85. The molecule has 0 amide bonds. The molecule has 3 heterocycles. The Hall–Kier alpha value is -2.51. The molecule has 0 spiro atoms. The van der Waals surface area contributed by atoms with E-state index in [0.717, 1.165) is 0 Å². The van der Waals surface area contributed by atoms with Gasteiger partial charge in [-0.05, 0) is 0 Å². The minimum absolute atomic E-state index is 0.568. The van der Waals surface area contributed by atoms with Crippen molar-refractivity contribution in [3.8, 4) is 0 Å². The summed E-state index contributed by atoms with van der Waals surface area (Å²) in [6.07, 6.45) is 7.85. The standard InChI is InChI=1S/C7H5N8/c1-2-14(13-9-1)7-6(3-10-12-7)15-5-8-4-11-15/h1-5H. The summed E-state index contributed by atoms with van der Waals surface area (Å²) in [5.74, 6) is 0.568. The average Bonchev–Trinajstić information content (AvgIpc) is 3.01. The van der Waals surface area contributed by atoms with Crippen molar-refractivity contribution < 1.29 is 0 Å². The molecule has 8 nitrogen and oxygen atoms in total. The molecule has 2 aromatic heterocycles. The summed E-state index contributed by atoms with van der Waals surface area (Å²) in [6, 6.07) is 0. The van der Waals surface area contributed by atoms with Crippen LogP contribution in [-0.2, 0) is 0 Å². The van der Waals surface area contributed by atoms with Crippen molar-refractivity contribution in [1.29, 1.82) is 0 Å². The quantitative estimate of drug-likeness (QED) is 0.601. The third kappa shape index (κ3) is 1.19. The third-order valence-corrected chi connectivity index (χ3v) is 1.87. The Balaban J connectivity index is 2.02. The van der Waals surface area contributed by atoms with E-state index < -0.39 is 0 Å². The molecule has 0 atom stereocenters. The van der Waals surface area contributed by atoms with Crippen LogP contribution in [0.3, 0.4) is 0 Å². The topological polar surface area (TPSA) is 87.9 Å². The molecule has 0 aromatic carbocycles. The van der Waals surface area contributed by atoms with Crippen LogP contribution in [0.2, 0.25) is 0 Å². The summed E-state index contributed by atoms with van der Waals surface area (Å²) < 4.78 is 3.08. The number of allylic oxidation sites excluding steroid dienone is 1. The highest BCUT2D eigenvalue weighted by Crippen LogP contribution is 2.10. The van der Waals surface area contributed by atoms with Crippen molar-refractivity contribution in [2.24, 2.45) is 5.10 Å². The van der Waals surface area contributed by atoms with Crippen molar-refractivity contribution in [2.75, 3.05) is 0 Å². The van der Waals surface area contributed by atoms with E-state index in [2.05, 4.69) is 30.9 Å². The largest absolute Gasteiger partial charge is 0.223 e. The highest BCUT2D eigenvalue weighted by Gasteiger charge is 2.18. The molecule has 1 radical (unpaired) electrons. The van der Waals surface area contributed by atoms with E-state index in [-0.39, 0.29) is 0 Å². The Kier molecular flexibility index (Phi) is 1.58. The summed E-state index contributed by atoms with van der Waals surface area (Å²) in [6.45, 7) is 0. The molecule has 0 saturated heterocycles. The van der Waals surface area contributed by atoms with Crippen LogP contribution in [0.25, 0.3) is 5.70 Å². The van der Waals surface area contributed by atoms with Gasteiger partial charge in [-0.25, -0.2) is 9.67 Å². The van der Waals surface area contributed by atoms with Gasteiger partial charge in [-0.3, -0.25) is 0 Å². The molecule has 0 saturated carbocycles. The van der Waals surface area contributed by atoms with Crippen LogP contribution in [0, 0.1) is 0 Å². The van der Waals surface area contributed by atoms with Crippen LogP contribution in [0.5, 0.6) is 0 Å². The molecule has 15 heavy (non-hydrogen) atoms. The zero-order chi connectivity index (χ0) is 10.1. The Morgan fingerprint density at radius 1 is 1.20 bits per heavy atom. The van der Waals surface area contributed by atoms with Gasteiger partial charge in [0.1, 0.15) is 18.4 Å². The first-order chi connectivity index (χ1) is 7.45. The molecule has 0 fully saturated rings. The molecule has 0 unspecified atom stereocenters. The lowest BCUT2D eigenvalue weighted by molar-refractivity contribution is 0.826. The van der Waals surface area contributed by atoms with Crippen LogP contribution in [-0.4, -0.2) is 35.6 Å². The number of rotatable bonds is 1. The van der Waals surface area contributed by atoms with Crippen molar-refractivity contribution in [3.63, 3.8) is 0 Å². The van der Waals surface area contributed by atoms with Crippen LogP contribution in [0.1, 0.15) is 0 Å². The molecule has 0 aliphatic carbocycles. The summed E-state index contributed by atoms with van der Waals surface area (Å²) in [5.41, 5.74) is 4.51. The van der Waals surface area contributed by atoms with Crippen molar-refractivity contribution in [2.45, 2.75) is 0 Å². The lowest BCUT2D eigenvalue weighted by Gasteiger charge is -2.02. The van der Waals surface area contributed by atoms with Gasteiger partial charge in [0.05, 0.1) is 18.6 Å². The minimum Gasteiger partial charge on any atom is -0.223 e. The van der Waals surface area contributed by atoms with Gasteiger partial charge in [0.15, 0.2) is 0 Å². The Labute approximate surface area is 83.9 Å². The fraction of sp³-hybridized carbons (Fsp3) is 0. The maximum Gasteiger partial charge on any atom is 0.204 e. The molecule has 1 aliphatic rings. The molecule has 3 rings (SSSR count). The van der Waals surface area contributed by atoms with Crippen LogP contribution in [0.4, 0.5) is 0 Å². The van der Waals surface area contributed by atoms with Crippen LogP contribution < -0.4 is 5.43 Å². The molecule has 0 bridgehead atoms. The Morgan fingerprint density at radius 2 is 2.20 bits per heavy atom. The van der Waals surface area contributed by atoms with Crippen LogP contribution >= 0.6 is 0 Å². The highest BCUT2D eigenvalue weighted by molar-refractivity contribution is 6.18. The molecule has 8 heteroatoms. The molecule has 1 aliphatic heterocycles. The van der Waals surface area contributed by atoms with E-state index in [9.17, 15) is 0 Å². The molecule has 2 aromatic rings. The van der Waals surface area contributed by atoms with Crippen molar-refractivity contribution >= 4 is 11.5 Å². The zero-order valence-electron chi connectivity index (χ0n) is 7.46. The van der Waals surface area contributed by atoms with E-state index in [0.29, 0.717) is 11.5 Å². The van der Waals surface area contributed by atoms with Crippen LogP contribution in [0.15, 0.2) is 36.3 Å². The second-order valence-electron chi connectivity index (χ2n) is 2.74. The summed E-state index contributed by atoms with van der Waals surface area (Å²) in [7, 11) is 0. The average molecular weight is 201 g/mol. The lowest BCUT2D eigenvalue weighted by Crippen LogP contribution is -2.17. The lowest BCUT2D eigenvalue weighted by atomic mass is 10.4. The third-order valence-electron chi connectivity index (χ3n) is 1.87. The normalized spacial score (nSPS) is 14.7. The first-order valence-corrected chi connectivity index (χ1v) is 4.15. The molecular formula is C7H5N8. The number of hydrogen-bond acceptors (Lipinski definition) is 5. The Bertz CT molecular complexity index is 457. The number of hydrogen-bond donors (Lipinski definition) is 0. The van der Waals surface area contributed by atoms with E-state index in [4.69, 9.17) is 0 Å².